The van der Waals surface area contributed by atoms with Crippen LogP contribution in [0.1, 0.15) is 19.3 Å². The maximum Gasteiger partial charge on any atom is 0.318 e. The summed E-state index contributed by atoms with van der Waals surface area (Å²) in [5.41, 5.74) is 4.92. The van der Waals surface area contributed by atoms with Gasteiger partial charge in [-0.25, -0.2) is 10.9 Å². The molecule has 7 N–H and O–H groups in total. The van der Waals surface area contributed by atoms with Gasteiger partial charge in [-0.05, 0) is 19.3 Å². The monoisotopic (exact) mass is 587 g/mol. The molecule has 0 radical (unpaired) electrons. The number of carboxylic acids is 4. The van der Waals surface area contributed by atoms with Gasteiger partial charge in [0.1, 0.15) is 13.1 Å². The van der Waals surface area contributed by atoms with Crippen LogP contribution in [0.25, 0.3) is 0 Å². The number of carbonyl (C=O) groups is 7. The summed E-state index contributed by atoms with van der Waals surface area (Å²) in [7, 11) is 0. The van der Waals surface area contributed by atoms with E-state index >= 15 is 0 Å². The van der Waals surface area contributed by atoms with E-state index in [4.69, 9.17) is 10.2 Å². The van der Waals surface area contributed by atoms with Crippen LogP contribution in [0.5, 0.6) is 0 Å². The van der Waals surface area contributed by atoms with Crippen molar-refractivity contribution in [2.75, 3.05) is 72.0 Å². The minimum Gasteiger partial charge on any atom is -0.480 e. The molecule has 3 amide bonds. The third-order valence-electron chi connectivity index (χ3n) is 5.58. The number of amides is 3. The van der Waals surface area contributed by atoms with Crippen LogP contribution < -0.4 is 16.2 Å². The molecule has 1 rings (SSSR count). The highest BCUT2D eigenvalue weighted by molar-refractivity contribution is 6.12. The molecule has 18 heteroatoms. The Hall–Kier alpha value is -3.97. The summed E-state index contributed by atoms with van der Waals surface area (Å²) in [5, 5.41) is 40.0. The third kappa shape index (κ3) is 16.7. The minimum atomic E-state index is -1.20. The van der Waals surface area contributed by atoms with E-state index in [1.807, 2.05) is 0 Å². The summed E-state index contributed by atoms with van der Waals surface area (Å²) in [6.07, 6.45) is 4.19. The van der Waals surface area contributed by atoms with Crippen LogP contribution in [0, 0.1) is 0 Å². The zero-order valence-corrected chi connectivity index (χ0v) is 22.5. The third-order valence-corrected chi connectivity index (χ3v) is 5.58. The van der Waals surface area contributed by atoms with E-state index in [-0.39, 0.29) is 51.1 Å². The second-order valence-electron chi connectivity index (χ2n) is 8.96. The number of unbranched alkanes of at least 4 members (excludes halogenated alkanes) is 2. The van der Waals surface area contributed by atoms with Crippen LogP contribution in [-0.4, -0.2) is 154 Å². The number of hydrogen-bond donors (Lipinski definition) is 7. The molecule has 1 heterocycles. The smallest absolute Gasteiger partial charge is 0.318 e. The number of aliphatic carboxylic acids is 4. The fourth-order valence-corrected chi connectivity index (χ4v) is 3.64. The van der Waals surface area contributed by atoms with Gasteiger partial charge in [-0.1, -0.05) is 0 Å². The Balaban J connectivity index is 2.53. The van der Waals surface area contributed by atoms with E-state index < -0.39 is 56.0 Å². The minimum absolute atomic E-state index is 0.0179. The summed E-state index contributed by atoms with van der Waals surface area (Å²) >= 11 is 0. The van der Waals surface area contributed by atoms with Gasteiger partial charge >= 0.3 is 23.9 Å². The van der Waals surface area contributed by atoms with Crippen molar-refractivity contribution in [2.24, 2.45) is 0 Å². The summed E-state index contributed by atoms with van der Waals surface area (Å²) in [6.45, 7) is -1.59. The molecule has 18 nitrogen and oxygen atoms in total. The van der Waals surface area contributed by atoms with Crippen LogP contribution in [0.4, 0.5) is 0 Å². The number of hydrazine groups is 2. The predicted molar refractivity (Wildman–Crippen MR) is 139 cm³/mol. The van der Waals surface area contributed by atoms with Crippen LogP contribution in [-0.2, 0) is 33.6 Å². The van der Waals surface area contributed by atoms with E-state index in [2.05, 4.69) is 16.2 Å². The zero-order chi connectivity index (χ0) is 30.8. The molecule has 230 valence electrons. The Bertz CT molecular complexity index is 940. The Morgan fingerprint density at radius 1 is 0.659 bits per heavy atom. The Kier molecular flexibility index (Phi) is 16.4. The number of hydrogen-bond acceptors (Lipinski definition) is 12. The summed E-state index contributed by atoms with van der Waals surface area (Å²) in [4.78, 5) is 83.6. The lowest BCUT2D eigenvalue weighted by molar-refractivity contribution is -0.141. The number of carbonyl (C=O) groups excluding carboxylic acids is 3. The van der Waals surface area contributed by atoms with Crippen molar-refractivity contribution in [1.82, 2.24) is 36.0 Å². The number of nitrogens with one attached hydrogen (secondary N) is 3. The molecule has 0 aromatic rings. The van der Waals surface area contributed by atoms with Gasteiger partial charge in [0.2, 0.25) is 5.91 Å². The molecule has 0 aromatic carbocycles. The van der Waals surface area contributed by atoms with Gasteiger partial charge in [-0.2, -0.15) is 5.12 Å². The molecule has 0 spiro atoms. The average molecular weight is 588 g/mol. The van der Waals surface area contributed by atoms with E-state index in [9.17, 15) is 43.8 Å². The maximum absolute atomic E-state index is 12.4. The van der Waals surface area contributed by atoms with Gasteiger partial charge in [-0.15, -0.1) is 0 Å². The summed E-state index contributed by atoms with van der Waals surface area (Å²) in [6, 6.07) is 0. The van der Waals surface area contributed by atoms with Gasteiger partial charge in [-0.3, -0.25) is 48.3 Å². The highest BCUT2D eigenvalue weighted by Gasteiger charge is 2.22. The van der Waals surface area contributed by atoms with Crippen molar-refractivity contribution >= 4 is 41.6 Å². The molecule has 1 aliphatic rings. The van der Waals surface area contributed by atoms with Crippen LogP contribution >= 0.6 is 0 Å². The molecule has 0 aromatic heterocycles. The predicted octanol–water partition coefficient (Wildman–Crippen LogP) is -3.55. The van der Waals surface area contributed by atoms with Crippen molar-refractivity contribution in [1.29, 1.82) is 0 Å². The first-order chi connectivity index (χ1) is 19.4. The van der Waals surface area contributed by atoms with Gasteiger partial charge < -0.3 is 25.7 Å². The zero-order valence-electron chi connectivity index (χ0n) is 22.5. The van der Waals surface area contributed by atoms with E-state index in [1.54, 1.807) is 0 Å². The molecular weight excluding hydrogens is 550 g/mol. The van der Waals surface area contributed by atoms with E-state index in [0.717, 1.165) is 10.0 Å². The van der Waals surface area contributed by atoms with Gasteiger partial charge in [0, 0.05) is 51.4 Å². The molecule has 0 saturated heterocycles. The van der Waals surface area contributed by atoms with Crippen molar-refractivity contribution in [3.63, 3.8) is 0 Å². The van der Waals surface area contributed by atoms with Crippen LogP contribution in [0.3, 0.4) is 0 Å². The van der Waals surface area contributed by atoms with Crippen LogP contribution in [0.2, 0.25) is 0 Å². The standard InChI is InChI=1S/C23H37N7O11/c31-17(24-6-2-1-3-7-29-18(32)4-5-19(29)33)14-28(16-23(40)41)9-8-27(15-22(38)39)10-11-30(25-12-20(34)35)26-13-21(36)37/h4-5,25-26H,1-3,6-16H2,(H,24,31)(H,34,35)(H,36,37)(H,38,39)(H,40,41). The largest absolute Gasteiger partial charge is 0.480 e. The maximum atomic E-state index is 12.4. The Labute approximate surface area is 235 Å². The SMILES string of the molecule is O=C(O)CNN(CCN(CCN(CC(=O)O)CC(=O)NCCCCCN1C(=O)C=CC1=O)CC(=O)O)NCC(=O)O. The number of rotatable bonds is 24. The molecule has 0 saturated carbocycles. The fraction of sp³-hybridized carbons (Fsp3) is 0.609. The Morgan fingerprint density at radius 2 is 1.17 bits per heavy atom. The lowest BCUT2D eigenvalue weighted by Gasteiger charge is -2.28. The normalized spacial score (nSPS) is 13.0. The molecule has 0 unspecified atom stereocenters. The summed E-state index contributed by atoms with van der Waals surface area (Å²) < 4.78 is 0. The fourth-order valence-electron chi connectivity index (χ4n) is 3.64. The first kappa shape index (κ1) is 35.1. The highest BCUT2D eigenvalue weighted by Crippen LogP contribution is 2.06. The summed E-state index contributed by atoms with van der Waals surface area (Å²) in [5.74, 6) is -5.92. The molecule has 41 heavy (non-hydrogen) atoms. The van der Waals surface area contributed by atoms with Gasteiger partial charge in [0.15, 0.2) is 0 Å². The number of imide groups is 1. The number of nitrogens with zero attached hydrogens (tertiary/aromatic N) is 4. The van der Waals surface area contributed by atoms with Crippen molar-refractivity contribution in [3.8, 4) is 0 Å². The molecular formula is C23H37N7O11. The first-order valence-corrected chi connectivity index (χ1v) is 12.7. The molecule has 0 aliphatic carbocycles. The molecule has 0 fully saturated rings. The van der Waals surface area contributed by atoms with Crippen molar-refractivity contribution in [3.05, 3.63) is 12.2 Å². The second-order valence-corrected chi connectivity index (χ2v) is 8.96. The van der Waals surface area contributed by atoms with Gasteiger partial charge in [0.25, 0.3) is 11.8 Å². The quantitative estimate of drug-likeness (QED) is 0.0328. The van der Waals surface area contributed by atoms with Crippen molar-refractivity contribution < 1.29 is 54.0 Å². The van der Waals surface area contributed by atoms with Crippen molar-refractivity contribution in [2.45, 2.75) is 19.3 Å². The average Bonchev–Trinajstić information content (AvgIpc) is 3.19. The second kappa shape index (κ2) is 19.2. The number of carboxylic acid groups (broad SMARTS) is 4. The molecule has 1 aliphatic heterocycles. The van der Waals surface area contributed by atoms with Gasteiger partial charge in [0.05, 0.1) is 19.6 Å². The topological polar surface area (TPSA) is 249 Å². The molecule has 0 bridgehead atoms. The van der Waals surface area contributed by atoms with Crippen LogP contribution in [0.15, 0.2) is 12.2 Å². The highest BCUT2D eigenvalue weighted by atomic mass is 16.4. The first-order valence-electron chi connectivity index (χ1n) is 12.7. The molecule has 0 atom stereocenters. The lowest BCUT2D eigenvalue weighted by Crippen LogP contribution is -2.54. The Morgan fingerprint density at radius 3 is 1.71 bits per heavy atom. The lowest BCUT2D eigenvalue weighted by atomic mass is 10.2. The van der Waals surface area contributed by atoms with E-state index in [0.29, 0.717) is 25.8 Å². The van der Waals surface area contributed by atoms with E-state index in [1.165, 1.54) is 22.0 Å².